The van der Waals surface area contributed by atoms with E-state index in [2.05, 4.69) is 26.4 Å². The number of nitrogens with one attached hydrogen (secondary N) is 2. The zero-order chi connectivity index (χ0) is 19.6. The predicted molar refractivity (Wildman–Crippen MR) is 94.7 cm³/mol. The van der Waals surface area contributed by atoms with E-state index >= 15 is 0 Å². The minimum Gasteiger partial charge on any atom is -0.348 e. The molecule has 3 aromatic rings. The molecule has 0 aliphatic rings. The summed E-state index contributed by atoms with van der Waals surface area (Å²) in [6.45, 7) is 1.69. The van der Waals surface area contributed by atoms with Crippen LogP contribution in [0.2, 0.25) is 0 Å². The lowest BCUT2D eigenvalue weighted by Gasteiger charge is -2.13. The smallest absolute Gasteiger partial charge is 0.252 e. The van der Waals surface area contributed by atoms with Gasteiger partial charge in [0.1, 0.15) is 5.69 Å². The van der Waals surface area contributed by atoms with Gasteiger partial charge in [0.15, 0.2) is 11.6 Å². The van der Waals surface area contributed by atoms with Crippen LogP contribution < -0.4 is 10.9 Å². The molecule has 136 valence electrons. The highest BCUT2D eigenvalue weighted by molar-refractivity contribution is 5.83. The van der Waals surface area contributed by atoms with Gasteiger partial charge >= 0.3 is 0 Å². The van der Waals surface area contributed by atoms with Crippen LogP contribution in [0.5, 0.6) is 0 Å². The summed E-state index contributed by atoms with van der Waals surface area (Å²) in [6, 6.07) is 6.11. The number of benzene rings is 1. The van der Waals surface area contributed by atoms with Crippen LogP contribution in [0, 0.1) is 24.0 Å². The predicted octanol–water partition coefficient (Wildman–Crippen LogP) is 2.00. The molecular formula is C19H14F2N4O2. The Bertz CT molecular complexity index is 1120. The number of carbonyl (C=O) groups excluding carboxylic acids is 1. The van der Waals surface area contributed by atoms with Gasteiger partial charge in [-0.05, 0) is 43.2 Å². The van der Waals surface area contributed by atoms with Gasteiger partial charge in [0.25, 0.3) is 5.56 Å². The molecule has 27 heavy (non-hydrogen) atoms. The van der Waals surface area contributed by atoms with Gasteiger partial charge in [0.2, 0.25) is 5.91 Å². The van der Waals surface area contributed by atoms with E-state index in [0.29, 0.717) is 11.4 Å². The van der Waals surface area contributed by atoms with E-state index < -0.39 is 29.1 Å². The number of aromatic nitrogens is 3. The molecular weight excluding hydrogens is 354 g/mol. The van der Waals surface area contributed by atoms with Crippen LogP contribution in [0.1, 0.15) is 29.9 Å². The van der Waals surface area contributed by atoms with E-state index in [1.165, 1.54) is 12.1 Å². The van der Waals surface area contributed by atoms with Gasteiger partial charge in [-0.15, -0.1) is 11.5 Å². The maximum absolute atomic E-state index is 13.9. The number of rotatable bonds is 4. The van der Waals surface area contributed by atoms with E-state index in [1.807, 2.05) is 0 Å². The number of nitrogens with zero attached hydrogens (tertiary/aromatic N) is 2. The summed E-state index contributed by atoms with van der Waals surface area (Å²) in [5, 5.41) is 10.3. The zero-order valence-electron chi connectivity index (χ0n) is 14.2. The topological polar surface area (TPSA) is 87.7 Å². The van der Waals surface area contributed by atoms with Crippen molar-refractivity contribution in [3.63, 3.8) is 0 Å². The van der Waals surface area contributed by atoms with Crippen LogP contribution in [0.25, 0.3) is 10.9 Å². The molecule has 3 rings (SSSR count). The summed E-state index contributed by atoms with van der Waals surface area (Å²) in [4.78, 5) is 26.8. The van der Waals surface area contributed by atoms with E-state index in [9.17, 15) is 18.4 Å². The SMILES string of the molecule is C#Cc1ccc(C(C)NC(=O)Cc2cc3c(F)c(F)ccc3[nH]c2=O)nn1. The minimum absolute atomic E-state index is 0.0189. The second kappa shape index (κ2) is 7.33. The molecule has 0 spiro atoms. The molecule has 2 heterocycles. The Morgan fingerprint density at radius 1 is 1.30 bits per heavy atom. The first-order valence-electron chi connectivity index (χ1n) is 7.98. The third-order valence-electron chi connectivity index (χ3n) is 4.00. The summed E-state index contributed by atoms with van der Waals surface area (Å²) in [5.74, 6) is -0.256. The minimum atomic E-state index is -1.08. The maximum atomic E-state index is 13.9. The van der Waals surface area contributed by atoms with Crippen molar-refractivity contribution in [2.24, 2.45) is 0 Å². The fraction of sp³-hybridized carbons (Fsp3) is 0.158. The fourth-order valence-corrected chi connectivity index (χ4v) is 2.58. The number of hydrogen-bond acceptors (Lipinski definition) is 4. The van der Waals surface area contributed by atoms with Crippen molar-refractivity contribution < 1.29 is 13.6 Å². The largest absolute Gasteiger partial charge is 0.348 e. The molecule has 0 fully saturated rings. The Kier molecular flexibility index (Phi) is 4.94. The summed E-state index contributed by atoms with van der Waals surface area (Å²) >= 11 is 0. The first-order valence-corrected chi connectivity index (χ1v) is 7.98. The van der Waals surface area contributed by atoms with Gasteiger partial charge in [-0.25, -0.2) is 8.78 Å². The van der Waals surface area contributed by atoms with Crippen LogP contribution in [-0.2, 0) is 11.2 Å². The van der Waals surface area contributed by atoms with E-state index in [4.69, 9.17) is 6.42 Å². The number of fused-ring (bicyclic) bond motifs is 1. The lowest BCUT2D eigenvalue weighted by molar-refractivity contribution is -0.121. The van der Waals surface area contributed by atoms with Gasteiger partial charge in [-0.2, -0.15) is 5.10 Å². The number of pyridine rings is 1. The molecule has 1 aromatic carbocycles. The van der Waals surface area contributed by atoms with Crippen molar-refractivity contribution in [3.05, 3.63) is 69.3 Å². The van der Waals surface area contributed by atoms with Crippen LogP contribution in [0.4, 0.5) is 8.78 Å². The molecule has 0 radical (unpaired) electrons. The van der Waals surface area contributed by atoms with Crippen molar-refractivity contribution in [2.45, 2.75) is 19.4 Å². The van der Waals surface area contributed by atoms with Crippen LogP contribution >= 0.6 is 0 Å². The van der Waals surface area contributed by atoms with Gasteiger partial charge < -0.3 is 10.3 Å². The monoisotopic (exact) mass is 368 g/mol. The fourth-order valence-electron chi connectivity index (χ4n) is 2.58. The van der Waals surface area contributed by atoms with Gasteiger partial charge in [-0.1, -0.05) is 0 Å². The Morgan fingerprint density at radius 2 is 2.07 bits per heavy atom. The second-order valence-electron chi connectivity index (χ2n) is 5.90. The number of halogens is 2. The number of terminal acetylenes is 1. The summed E-state index contributed by atoms with van der Waals surface area (Å²) in [7, 11) is 0. The van der Waals surface area contributed by atoms with Crippen molar-refractivity contribution in [3.8, 4) is 12.3 Å². The Morgan fingerprint density at radius 3 is 2.74 bits per heavy atom. The molecule has 2 N–H and O–H groups in total. The third-order valence-corrected chi connectivity index (χ3v) is 4.00. The van der Waals surface area contributed by atoms with Crippen LogP contribution in [-0.4, -0.2) is 21.1 Å². The van der Waals surface area contributed by atoms with Crippen molar-refractivity contribution >= 4 is 16.8 Å². The first-order chi connectivity index (χ1) is 12.9. The molecule has 1 atom stereocenters. The third kappa shape index (κ3) is 3.82. The lowest BCUT2D eigenvalue weighted by Crippen LogP contribution is -2.30. The second-order valence-corrected chi connectivity index (χ2v) is 5.90. The molecule has 2 aromatic heterocycles. The van der Waals surface area contributed by atoms with Crippen LogP contribution in [0.15, 0.2) is 35.1 Å². The highest BCUT2D eigenvalue weighted by Crippen LogP contribution is 2.18. The quantitative estimate of drug-likeness (QED) is 0.690. The first kappa shape index (κ1) is 18.2. The molecule has 0 aliphatic heterocycles. The maximum Gasteiger partial charge on any atom is 0.252 e. The standard InChI is InChI=1S/C19H14F2N4O2/c1-3-12-4-6-15(25-24-12)10(2)22-17(26)9-11-8-13-16(23-19(11)27)7-5-14(20)18(13)21/h1,4-8,10H,9H2,2H3,(H,22,26)(H,23,27). The molecule has 1 unspecified atom stereocenters. The number of amides is 1. The van der Waals surface area contributed by atoms with Crippen molar-refractivity contribution in [2.75, 3.05) is 0 Å². The summed E-state index contributed by atoms with van der Waals surface area (Å²) in [5.41, 5.74) is 0.484. The van der Waals surface area contributed by atoms with Gasteiger partial charge in [0, 0.05) is 10.9 Å². The molecule has 0 aliphatic carbocycles. The van der Waals surface area contributed by atoms with Crippen molar-refractivity contribution in [1.82, 2.24) is 20.5 Å². The number of hydrogen-bond donors (Lipinski definition) is 2. The molecule has 0 bridgehead atoms. The van der Waals surface area contributed by atoms with E-state index in [1.54, 1.807) is 19.1 Å². The van der Waals surface area contributed by atoms with E-state index in [0.717, 1.165) is 6.07 Å². The molecule has 0 saturated heterocycles. The summed E-state index contributed by atoms with van der Waals surface area (Å²) in [6.07, 6.45) is 4.91. The molecule has 8 heteroatoms. The number of carbonyl (C=O) groups is 1. The Balaban J connectivity index is 1.79. The average molecular weight is 368 g/mol. The normalized spacial score (nSPS) is 11.8. The number of aromatic amines is 1. The van der Waals surface area contributed by atoms with E-state index in [-0.39, 0.29) is 22.9 Å². The molecule has 1 amide bonds. The molecule has 6 nitrogen and oxygen atoms in total. The lowest BCUT2D eigenvalue weighted by atomic mass is 10.1. The highest BCUT2D eigenvalue weighted by Gasteiger charge is 2.15. The van der Waals surface area contributed by atoms with Gasteiger partial charge in [-0.3, -0.25) is 9.59 Å². The van der Waals surface area contributed by atoms with Crippen LogP contribution in [0.3, 0.4) is 0 Å². The molecule has 0 saturated carbocycles. The average Bonchev–Trinajstić information content (AvgIpc) is 2.66. The zero-order valence-corrected chi connectivity index (χ0v) is 14.2. The summed E-state index contributed by atoms with van der Waals surface area (Å²) < 4.78 is 27.3. The Hall–Kier alpha value is -3.60. The van der Waals surface area contributed by atoms with Crippen molar-refractivity contribution in [1.29, 1.82) is 0 Å². The van der Waals surface area contributed by atoms with Gasteiger partial charge in [0.05, 0.1) is 23.7 Å². The highest BCUT2D eigenvalue weighted by atomic mass is 19.2. The number of H-pyrrole nitrogens is 1. The Labute approximate surface area is 152 Å².